The van der Waals surface area contributed by atoms with Gasteiger partial charge in [-0.15, -0.1) is 0 Å². The second kappa shape index (κ2) is 11.1. The van der Waals surface area contributed by atoms with Crippen LogP contribution < -0.4 is 4.74 Å². The number of amides is 2. The number of nitrogens with zero attached hydrogens (tertiary/aromatic N) is 3. The summed E-state index contributed by atoms with van der Waals surface area (Å²) in [6, 6.07) is 1.16. The normalized spacial score (nSPS) is 20.4. The Kier molecular flexibility index (Phi) is 8.80. The molecule has 2 N–H and O–H groups in total. The van der Waals surface area contributed by atoms with E-state index in [0.29, 0.717) is 12.1 Å². The average Bonchev–Trinajstić information content (AvgIpc) is 2.74. The molecule has 1 aromatic heterocycles. The maximum absolute atomic E-state index is 13.3. The SMILES string of the molecule is COCC(=O)N(C)C[C@H]1Oc2ncc(C#C[C@@H](C)O)cc2C(=O)N([C@@H](C)CO)C[C@@H]1C. The van der Waals surface area contributed by atoms with E-state index in [4.69, 9.17) is 9.47 Å². The standard InChI is InChI=1S/C22H31N3O6/c1-14-10-25(15(2)12-26)22(29)18-8-17(7-6-16(3)27)9-23-21(18)31-19(14)11-24(4)20(28)13-30-5/h8-9,14-16,19,26-27H,10-13H2,1-5H3/t14-,15-,16+,19+/m0/s1. The molecule has 2 amide bonds. The number of hydrogen-bond acceptors (Lipinski definition) is 7. The summed E-state index contributed by atoms with van der Waals surface area (Å²) in [5.41, 5.74) is 0.686. The van der Waals surface area contributed by atoms with Crippen LogP contribution in [0.2, 0.25) is 0 Å². The fourth-order valence-electron chi connectivity index (χ4n) is 3.18. The van der Waals surface area contributed by atoms with E-state index in [1.165, 1.54) is 18.2 Å². The Labute approximate surface area is 183 Å². The Morgan fingerprint density at radius 1 is 1.48 bits per heavy atom. The largest absolute Gasteiger partial charge is 0.472 e. The highest BCUT2D eigenvalue weighted by atomic mass is 16.5. The molecule has 0 fully saturated rings. The molecule has 0 saturated heterocycles. The van der Waals surface area contributed by atoms with Crippen molar-refractivity contribution in [1.82, 2.24) is 14.8 Å². The summed E-state index contributed by atoms with van der Waals surface area (Å²) >= 11 is 0. The number of methoxy groups -OCH3 is 1. The van der Waals surface area contributed by atoms with E-state index in [0.717, 1.165) is 0 Å². The number of rotatable bonds is 6. The van der Waals surface area contributed by atoms with Gasteiger partial charge in [-0.05, 0) is 19.9 Å². The fraction of sp³-hybridized carbons (Fsp3) is 0.591. The molecule has 0 aromatic carbocycles. The maximum Gasteiger partial charge on any atom is 0.259 e. The second-order valence-electron chi connectivity index (χ2n) is 7.85. The molecule has 0 radical (unpaired) electrons. The van der Waals surface area contributed by atoms with Crippen molar-refractivity contribution < 1.29 is 29.3 Å². The third-order valence-electron chi connectivity index (χ3n) is 5.09. The predicted octanol–water partition coefficient (Wildman–Crippen LogP) is 0.139. The molecule has 0 aliphatic carbocycles. The minimum atomic E-state index is -0.815. The number of carbonyl (C=O) groups excluding carboxylic acids is 2. The lowest BCUT2D eigenvalue weighted by Gasteiger charge is -2.37. The summed E-state index contributed by atoms with van der Waals surface area (Å²) in [7, 11) is 3.12. The van der Waals surface area contributed by atoms with Crippen molar-refractivity contribution in [2.24, 2.45) is 5.92 Å². The van der Waals surface area contributed by atoms with Gasteiger partial charge in [0.25, 0.3) is 5.91 Å². The van der Waals surface area contributed by atoms with Crippen molar-refractivity contribution in [2.45, 2.75) is 39.0 Å². The molecule has 0 saturated carbocycles. The van der Waals surface area contributed by atoms with Crippen molar-refractivity contribution in [2.75, 3.05) is 40.5 Å². The lowest BCUT2D eigenvalue weighted by Crippen LogP contribution is -2.50. The summed E-state index contributed by atoms with van der Waals surface area (Å²) < 4.78 is 11.0. The maximum atomic E-state index is 13.3. The lowest BCUT2D eigenvalue weighted by atomic mass is 10.00. The summed E-state index contributed by atoms with van der Waals surface area (Å²) in [5.74, 6) is 4.91. The van der Waals surface area contributed by atoms with E-state index in [-0.39, 0.29) is 48.9 Å². The smallest absolute Gasteiger partial charge is 0.259 e. The zero-order chi connectivity index (χ0) is 23.1. The van der Waals surface area contributed by atoms with Crippen LogP contribution in [-0.2, 0) is 9.53 Å². The molecule has 1 aromatic rings. The fourth-order valence-corrected chi connectivity index (χ4v) is 3.18. The number of ether oxygens (including phenoxy) is 2. The predicted molar refractivity (Wildman–Crippen MR) is 113 cm³/mol. The van der Waals surface area contributed by atoms with Crippen LogP contribution >= 0.6 is 0 Å². The molecule has 1 aliphatic rings. The van der Waals surface area contributed by atoms with Crippen LogP contribution in [0.4, 0.5) is 0 Å². The van der Waals surface area contributed by atoms with Crippen LogP contribution in [0.5, 0.6) is 5.88 Å². The van der Waals surface area contributed by atoms with Crippen molar-refractivity contribution in [3.63, 3.8) is 0 Å². The van der Waals surface area contributed by atoms with Gasteiger partial charge in [-0.3, -0.25) is 9.59 Å². The van der Waals surface area contributed by atoms with E-state index in [1.807, 2.05) is 6.92 Å². The van der Waals surface area contributed by atoms with Gasteiger partial charge in [0.05, 0.1) is 19.2 Å². The summed E-state index contributed by atoms with van der Waals surface area (Å²) in [5, 5.41) is 19.1. The first-order valence-electron chi connectivity index (χ1n) is 10.2. The molecule has 2 rings (SSSR count). The van der Waals surface area contributed by atoms with Crippen LogP contribution in [-0.4, -0.2) is 95.5 Å². The molecule has 4 atom stereocenters. The van der Waals surface area contributed by atoms with Gasteiger partial charge in [-0.25, -0.2) is 4.98 Å². The molecule has 0 bridgehead atoms. The van der Waals surface area contributed by atoms with E-state index in [1.54, 1.807) is 31.9 Å². The van der Waals surface area contributed by atoms with Crippen LogP contribution in [0.3, 0.4) is 0 Å². The number of aliphatic hydroxyl groups is 2. The Hall–Kier alpha value is -2.67. The summed E-state index contributed by atoms with van der Waals surface area (Å²) in [6.45, 7) is 5.62. The molecular weight excluding hydrogens is 402 g/mol. The van der Waals surface area contributed by atoms with Crippen LogP contribution in [0.25, 0.3) is 0 Å². The van der Waals surface area contributed by atoms with E-state index < -0.39 is 18.2 Å². The Morgan fingerprint density at radius 2 is 2.19 bits per heavy atom. The van der Waals surface area contributed by atoms with Crippen molar-refractivity contribution >= 4 is 11.8 Å². The van der Waals surface area contributed by atoms with Gasteiger partial charge >= 0.3 is 0 Å². The van der Waals surface area contributed by atoms with Gasteiger partial charge in [0.15, 0.2) is 0 Å². The van der Waals surface area contributed by atoms with E-state index in [9.17, 15) is 19.8 Å². The van der Waals surface area contributed by atoms with E-state index >= 15 is 0 Å². The number of fused-ring (bicyclic) bond motifs is 1. The summed E-state index contributed by atoms with van der Waals surface area (Å²) in [4.78, 5) is 32.8. The van der Waals surface area contributed by atoms with Gasteiger partial charge in [-0.1, -0.05) is 18.8 Å². The number of carbonyl (C=O) groups is 2. The molecule has 0 unspecified atom stereocenters. The Balaban J connectivity index is 2.44. The van der Waals surface area contributed by atoms with Gasteiger partial charge < -0.3 is 29.5 Å². The Morgan fingerprint density at radius 3 is 2.81 bits per heavy atom. The Bertz CT molecular complexity index is 847. The topological polar surface area (TPSA) is 112 Å². The minimum absolute atomic E-state index is 0.0378. The zero-order valence-electron chi connectivity index (χ0n) is 18.7. The first kappa shape index (κ1) is 24.6. The van der Waals surface area contributed by atoms with E-state index in [2.05, 4.69) is 16.8 Å². The second-order valence-corrected chi connectivity index (χ2v) is 7.85. The quantitative estimate of drug-likeness (QED) is 0.614. The van der Waals surface area contributed by atoms with Crippen LogP contribution in [0.1, 0.15) is 36.7 Å². The van der Waals surface area contributed by atoms with Crippen LogP contribution in [0, 0.1) is 17.8 Å². The molecule has 0 spiro atoms. The van der Waals surface area contributed by atoms with Gasteiger partial charge in [-0.2, -0.15) is 0 Å². The third-order valence-corrected chi connectivity index (χ3v) is 5.09. The van der Waals surface area contributed by atoms with Crippen molar-refractivity contribution in [3.8, 4) is 17.7 Å². The monoisotopic (exact) mass is 433 g/mol. The highest BCUT2D eigenvalue weighted by Crippen LogP contribution is 2.27. The average molecular weight is 434 g/mol. The third kappa shape index (κ3) is 6.40. The summed E-state index contributed by atoms with van der Waals surface area (Å²) in [6.07, 6.45) is 0.225. The van der Waals surface area contributed by atoms with Gasteiger partial charge in [0.2, 0.25) is 11.8 Å². The molecule has 9 heteroatoms. The molecule has 2 heterocycles. The first-order chi connectivity index (χ1) is 14.7. The van der Waals surface area contributed by atoms with Crippen molar-refractivity contribution in [1.29, 1.82) is 0 Å². The lowest BCUT2D eigenvalue weighted by molar-refractivity contribution is -0.135. The number of hydrogen-bond donors (Lipinski definition) is 2. The van der Waals surface area contributed by atoms with Gasteiger partial charge in [0, 0.05) is 38.4 Å². The molecule has 1 aliphatic heterocycles. The number of pyridine rings is 1. The molecular formula is C22H31N3O6. The number of aliphatic hydroxyl groups excluding tert-OH is 2. The molecule has 170 valence electrons. The molecule has 31 heavy (non-hydrogen) atoms. The molecule has 9 nitrogen and oxygen atoms in total. The number of likely N-dealkylation sites (N-methyl/N-ethyl adjacent to an activating group) is 1. The highest BCUT2D eigenvalue weighted by Gasteiger charge is 2.34. The minimum Gasteiger partial charge on any atom is -0.472 e. The first-order valence-corrected chi connectivity index (χ1v) is 10.2. The zero-order valence-corrected chi connectivity index (χ0v) is 18.7. The van der Waals surface area contributed by atoms with Crippen LogP contribution in [0.15, 0.2) is 12.3 Å². The van der Waals surface area contributed by atoms with Crippen molar-refractivity contribution in [3.05, 3.63) is 23.4 Å². The van der Waals surface area contributed by atoms with Gasteiger partial charge in [0.1, 0.15) is 24.4 Å². The highest BCUT2D eigenvalue weighted by molar-refractivity contribution is 5.97. The number of aromatic nitrogens is 1.